The maximum Gasteiger partial charge on any atom is 3.00 e. The summed E-state index contributed by atoms with van der Waals surface area (Å²) in [4.78, 5) is 41.2. The van der Waals surface area contributed by atoms with Gasteiger partial charge in [0.2, 0.25) is 0 Å². The Hall–Kier alpha value is -1.36. The molecular formula is CaCeN5O15. The second-order valence-electron chi connectivity index (χ2n) is 1.12. The predicted octanol–water partition coefficient (Wildman–Crippen LogP) is -1.58. The van der Waals surface area contributed by atoms with Gasteiger partial charge in [0, 0.05) is 0 Å². The van der Waals surface area contributed by atoms with Crippen LogP contribution in [0.3, 0.4) is 0 Å². The van der Waals surface area contributed by atoms with Crippen LogP contribution in [0.2, 0.25) is 0 Å². The van der Waals surface area contributed by atoms with E-state index in [1.165, 1.54) is 0 Å². The summed E-state index contributed by atoms with van der Waals surface area (Å²) in [5.41, 5.74) is 0. The molecule has 1 radical (unpaired) electrons. The fourth-order valence-corrected chi connectivity index (χ4v) is 0. The third-order valence-electron chi connectivity index (χ3n) is 0. The van der Waals surface area contributed by atoms with E-state index in [-0.39, 0.29) is 79.5 Å². The molecule has 121 valence electrons. The Morgan fingerprint density at radius 2 is 0.364 bits per heavy atom. The van der Waals surface area contributed by atoms with Gasteiger partial charge in [0.25, 0.3) is 0 Å². The molecule has 22 heteroatoms. The standard InChI is InChI=1S/Ca.Ce.5NO3/c;;5*2-1(3)4/q+2;+3;5*-1. The first kappa shape index (κ1) is 42.8. The van der Waals surface area contributed by atoms with Crippen LogP contribution in [0.5, 0.6) is 0 Å². The van der Waals surface area contributed by atoms with Crippen LogP contribution in [-0.4, -0.2) is 63.2 Å². The van der Waals surface area contributed by atoms with Gasteiger partial charge in [-0.25, -0.2) is 0 Å². The van der Waals surface area contributed by atoms with E-state index in [1.807, 2.05) is 0 Å². The molecule has 0 saturated heterocycles. The van der Waals surface area contributed by atoms with Gasteiger partial charge in [0.1, 0.15) is 0 Å². The van der Waals surface area contributed by atoms with Crippen LogP contribution < -0.4 is 0 Å². The van der Waals surface area contributed by atoms with Crippen molar-refractivity contribution in [2.24, 2.45) is 0 Å². The second kappa shape index (κ2) is 36.7. The normalized spacial score (nSPS) is 5.45. The van der Waals surface area contributed by atoms with Crippen molar-refractivity contribution in [3.05, 3.63) is 76.6 Å². The molecule has 0 aromatic carbocycles. The molecule has 0 aliphatic carbocycles. The summed E-state index contributed by atoms with van der Waals surface area (Å²) in [5, 5.41) is 73.8. The van der Waals surface area contributed by atoms with Crippen molar-refractivity contribution < 1.29 is 67.2 Å². The molecule has 0 spiro atoms. The van der Waals surface area contributed by atoms with Crippen molar-refractivity contribution in [1.82, 2.24) is 0 Å². The van der Waals surface area contributed by atoms with Crippen molar-refractivity contribution in [3.8, 4) is 0 Å². The van der Waals surface area contributed by atoms with Gasteiger partial charge < -0.3 is 76.6 Å². The maximum atomic E-state index is 8.25. The van der Waals surface area contributed by atoms with Gasteiger partial charge >= 0.3 is 79.5 Å². The van der Waals surface area contributed by atoms with Crippen molar-refractivity contribution in [2.45, 2.75) is 0 Å². The van der Waals surface area contributed by atoms with E-state index in [0.29, 0.717) is 0 Å². The maximum absolute atomic E-state index is 8.25. The summed E-state index contributed by atoms with van der Waals surface area (Å²) in [6.45, 7) is 0. The first-order valence-corrected chi connectivity index (χ1v) is 2.74. The Bertz CT molecular complexity index is 213. The van der Waals surface area contributed by atoms with Crippen molar-refractivity contribution in [3.63, 3.8) is 0 Å². The molecule has 0 atom stereocenters. The number of rotatable bonds is 0. The SMILES string of the molecule is O=[N+]([O-])[O-].O=[N+]([O-])[O-].O=[N+]([O-])[O-].O=[N+]([O-])[O-].O=[N+]([O-])[O-].[Ca+2].[Ce+3]. The Balaban J connectivity index is -0.0000000250. The van der Waals surface area contributed by atoms with E-state index in [2.05, 4.69) is 0 Å². The minimum atomic E-state index is -1.75. The Kier molecular flexibility index (Phi) is 71.3. The molecule has 0 aliphatic heterocycles. The number of hydrogen-bond acceptors (Lipinski definition) is 15. The van der Waals surface area contributed by atoms with Crippen LogP contribution in [0, 0.1) is 118 Å². The van der Waals surface area contributed by atoms with Crippen LogP contribution in [0.15, 0.2) is 0 Å². The zero-order chi connectivity index (χ0) is 17.9. The third kappa shape index (κ3) is 3120. The molecule has 0 amide bonds. The van der Waals surface area contributed by atoms with Crippen molar-refractivity contribution in [1.29, 1.82) is 0 Å². The zero-order valence-electron chi connectivity index (χ0n) is 9.57. The monoisotopic (exact) mass is 490 g/mol. The Morgan fingerprint density at radius 1 is 0.364 bits per heavy atom. The van der Waals surface area contributed by atoms with Gasteiger partial charge in [-0.15, -0.1) is 0 Å². The minimum Gasteiger partial charge on any atom is -0.356 e. The van der Waals surface area contributed by atoms with Crippen LogP contribution in [0.4, 0.5) is 0 Å². The van der Waals surface area contributed by atoms with Gasteiger partial charge in [0.05, 0.1) is 25.4 Å². The van der Waals surface area contributed by atoms with Gasteiger partial charge in [-0.3, -0.25) is 0 Å². The summed E-state index contributed by atoms with van der Waals surface area (Å²) in [5.74, 6) is 0. The van der Waals surface area contributed by atoms with Crippen LogP contribution in [-0.2, 0) is 0 Å². The summed E-state index contributed by atoms with van der Waals surface area (Å²) in [6, 6.07) is 0. The summed E-state index contributed by atoms with van der Waals surface area (Å²) >= 11 is 0. The minimum absolute atomic E-state index is 0. The van der Waals surface area contributed by atoms with Crippen LogP contribution in [0.25, 0.3) is 0 Å². The van der Waals surface area contributed by atoms with E-state index in [9.17, 15) is 0 Å². The molecule has 0 heterocycles. The first-order valence-electron chi connectivity index (χ1n) is 2.74. The molecule has 0 bridgehead atoms. The van der Waals surface area contributed by atoms with E-state index >= 15 is 0 Å². The molecule has 0 unspecified atom stereocenters. The fourth-order valence-electron chi connectivity index (χ4n) is 0. The van der Waals surface area contributed by atoms with Gasteiger partial charge in [-0.2, -0.15) is 0 Å². The van der Waals surface area contributed by atoms with E-state index in [1.54, 1.807) is 0 Å². The van der Waals surface area contributed by atoms with Gasteiger partial charge in [0.15, 0.2) is 0 Å². The van der Waals surface area contributed by atoms with E-state index < -0.39 is 25.4 Å². The van der Waals surface area contributed by atoms with E-state index in [0.717, 1.165) is 0 Å². The second-order valence-corrected chi connectivity index (χ2v) is 1.12. The van der Waals surface area contributed by atoms with Crippen molar-refractivity contribution >= 4 is 37.7 Å². The van der Waals surface area contributed by atoms with Crippen LogP contribution >= 0.6 is 0 Å². The molecule has 20 nitrogen and oxygen atoms in total. The average molecular weight is 490 g/mol. The molecule has 0 rings (SSSR count). The molecule has 0 N–H and O–H groups in total. The van der Waals surface area contributed by atoms with Gasteiger partial charge in [-0.1, -0.05) is 0 Å². The molecule has 0 saturated carbocycles. The first-order chi connectivity index (χ1) is 8.66. The van der Waals surface area contributed by atoms with Crippen LogP contribution in [0.1, 0.15) is 0 Å². The van der Waals surface area contributed by atoms with E-state index in [4.69, 9.17) is 76.6 Å². The molecule has 0 aromatic heterocycles. The molecular weight excluding hydrogens is 490 g/mol. The topological polar surface area (TPSA) is 331 Å². The molecule has 0 fully saturated rings. The molecule has 0 aromatic rings. The Morgan fingerprint density at radius 3 is 0.364 bits per heavy atom. The summed E-state index contributed by atoms with van der Waals surface area (Å²) < 4.78 is 0. The smallest absolute Gasteiger partial charge is 0.356 e. The third-order valence-corrected chi connectivity index (χ3v) is 0. The summed E-state index contributed by atoms with van der Waals surface area (Å²) in [6.07, 6.45) is 0. The molecule has 0 aliphatic rings. The quantitative estimate of drug-likeness (QED) is 0.210. The molecule has 22 heavy (non-hydrogen) atoms. The van der Waals surface area contributed by atoms with Crippen molar-refractivity contribution in [2.75, 3.05) is 0 Å². The fraction of sp³-hybridized carbons (Fsp3) is 0. The number of hydrogen-bond donors (Lipinski definition) is 0. The van der Waals surface area contributed by atoms with Gasteiger partial charge in [-0.05, 0) is 0 Å². The predicted molar refractivity (Wildman–Crippen MR) is 57.6 cm³/mol. The largest absolute Gasteiger partial charge is 3.00 e. The number of nitrogens with zero attached hydrogens (tertiary/aromatic N) is 5. The summed E-state index contributed by atoms with van der Waals surface area (Å²) in [7, 11) is 0. The average Bonchev–Trinajstić information content (AvgIpc) is 1.94. The zero-order valence-corrected chi connectivity index (χ0v) is 14.9. The Labute approximate surface area is 179 Å².